The fraction of sp³-hybridized carbons (Fsp3) is 0.308. The summed E-state index contributed by atoms with van der Waals surface area (Å²) in [5.74, 6) is 0.876. The second kappa shape index (κ2) is 9.91. The molecule has 1 atom stereocenters. The number of benzene rings is 2. The number of hydrogen-bond donors (Lipinski definition) is 2. The largest absolute Gasteiger partial charge is 0.497 e. The van der Waals surface area contributed by atoms with Gasteiger partial charge in [-0.3, -0.25) is 19.6 Å². The Kier molecular flexibility index (Phi) is 6.77. The van der Waals surface area contributed by atoms with E-state index in [1.54, 1.807) is 30.5 Å². The first kappa shape index (κ1) is 23.2. The molecule has 1 saturated heterocycles. The van der Waals surface area contributed by atoms with Crippen molar-refractivity contribution in [3.05, 3.63) is 77.1 Å². The zero-order valence-corrected chi connectivity index (χ0v) is 19.5. The lowest BCUT2D eigenvalue weighted by molar-refractivity contribution is -0.124. The lowest BCUT2D eigenvalue weighted by Crippen LogP contribution is -2.46. The summed E-state index contributed by atoms with van der Waals surface area (Å²) in [4.78, 5) is 36.3. The topological polar surface area (TPSA) is 95.4 Å². The second-order valence-corrected chi connectivity index (χ2v) is 8.30. The Bertz CT molecular complexity index is 1160. The van der Waals surface area contributed by atoms with Crippen molar-refractivity contribution in [1.82, 2.24) is 15.5 Å². The third-order valence-corrected chi connectivity index (χ3v) is 6.15. The number of carbonyl (C=O) groups is 2. The third kappa shape index (κ3) is 4.57. The number of hydrogen-bond acceptors (Lipinski definition) is 6. The van der Waals surface area contributed by atoms with Crippen LogP contribution in [0.5, 0.6) is 5.75 Å². The zero-order valence-electron chi connectivity index (χ0n) is 19.5. The quantitative estimate of drug-likeness (QED) is 0.564. The monoisotopic (exact) mass is 459 g/mol. The average Bonchev–Trinajstić information content (AvgIpc) is 3.32. The van der Waals surface area contributed by atoms with Gasteiger partial charge in [0, 0.05) is 44.0 Å². The Balaban J connectivity index is 1.50. The first-order chi connectivity index (χ1) is 16.5. The van der Waals surface area contributed by atoms with E-state index in [-0.39, 0.29) is 11.8 Å². The predicted octanol–water partition coefficient (Wildman–Crippen LogP) is 2.79. The van der Waals surface area contributed by atoms with Crippen molar-refractivity contribution in [2.24, 2.45) is 9.98 Å². The molecule has 2 aromatic carbocycles. The van der Waals surface area contributed by atoms with Gasteiger partial charge in [-0.05, 0) is 35.7 Å². The Morgan fingerprint density at radius 2 is 1.91 bits per heavy atom. The van der Waals surface area contributed by atoms with Gasteiger partial charge in [-0.25, -0.2) is 0 Å². The number of ether oxygens (including phenoxy) is 1. The van der Waals surface area contributed by atoms with E-state index >= 15 is 0 Å². The molecule has 1 fully saturated rings. The molecule has 2 heterocycles. The molecule has 8 nitrogen and oxygen atoms in total. The maximum atomic E-state index is 13.1. The van der Waals surface area contributed by atoms with Crippen LogP contribution in [0, 0.1) is 0 Å². The first-order valence-electron chi connectivity index (χ1n) is 11.3. The van der Waals surface area contributed by atoms with Crippen LogP contribution < -0.4 is 15.4 Å². The van der Waals surface area contributed by atoms with E-state index in [0.717, 1.165) is 23.2 Å². The number of carbonyl (C=O) groups excluding carboxylic acids is 2. The van der Waals surface area contributed by atoms with Crippen LogP contribution in [-0.2, 0) is 23.4 Å². The third-order valence-electron chi connectivity index (χ3n) is 6.15. The van der Waals surface area contributed by atoms with Gasteiger partial charge in [-0.2, -0.15) is 0 Å². The van der Waals surface area contributed by atoms with E-state index in [2.05, 4.69) is 27.2 Å². The Morgan fingerprint density at radius 1 is 1.15 bits per heavy atom. The lowest BCUT2D eigenvalue weighted by atomic mass is 9.86. The van der Waals surface area contributed by atoms with Crippen molar-refractivity contribution in [3.8, 4) is 5.75 Å². The highest BCUT2D eigenvalue weighted by molar-refractivity contribution is 6.15. The Morgan fingerprint density at radius 3 is 2.59 bits per heavy atom. The van der Waals surface area contributed by atoms with Gasteiger partial charge in [-0.1, -0.05) is 36.9 Å². The minimum absolute atomic E-state index is 0.0545. The summed E-state index contributed by atoms with van der Waals surface area (Å²) < 4.78 is 5.26. The highest BCUT2D eigenvalue weighted by Crippen LogP contribution is 2.33. The minimum Gasteiger partial charge on any atom is -0.497 e. The number of methoxy groups -OCH3 is 1. The Labute approximate surface area is 199 Å². The van der Waals surface area contributed by atoms with Gasteiger partial charge >= 0.3 is 0 Å². The number of aliphatic imine (C=N–C) groups is 2. The molecule has 0 aromatic heterocycles. The van der Waals surface area contributed by atoms with Crippen molar-refractivity contribution in [1.29, 1.82) is 0 Å². The van der Waals surface area contributed by atoms with Crippen LogP contribution in [0.2, 0.25) is 0 Å². The number of fused-ring (bicyclic) bond motifs is 1. The zero-order chi connectivity index (χ0) is 24.1. The van der Waals surface area contributed by atoms with E-state index in [4.69, 9.17) is 4.74 Å². The van der Waals surface area contributed by atoms with E-state index in [9.17, 15) is 9.59 Å². The van der Waals surface area contributed by atoms with Crippen LogP contribution in [-0.4, -0.2) is 49.3 Å². The summed E-state index contributed by atoms with van der Waals surface area (Å²) in [5, 5.41) is 6.03. The summed E-state index contributed by atoms with van der Waals surface area (Å²) >= 11 is 0. The SMILES string of the molecule is C=C1NC(=O)[C@@](CCN2Cc3ccc(OC)cc3C2=O)(c2ccc(CN=CC=NCC)cc2)N1. The summed E-state index contributed by atoms with van der Waals surface area (Å²) in [5.41, 5.74) is 2.45. The van der Waals surface area contributed by atoms with Gasteiger partial charge in [0.25, 0.3) is 11.8 Å². The van der Waals surface area contributed by atoms with E-state index < -0.39 is 5.54 Å². The van der Waals surface area contributed by atoms with Gasteiger partial charge in [0.05, 0.1) is 19.5 Å². The molecular formula is C26H29N5O3. The molecule has 0 aliphatic carbocycles. The molecule has 2 aliphatic rings. The fourth-order valence-corrected chi connectivity index (χ4v) is 4.32. The second-order valence-electron chi connectivity index (χ2n) is 8.30. The minimum atomic E-state index is -1.00. The summed E-state index contributed by atoms with van der Waals surface area (Å²) in [7, 11) is 1.58. The standard InChI is InChI=1S/C26H29N5O3/c1-4-27-12-13-28-16-19-5-8-21(9-6-19)26(25(33)29-18(2)30-26)11-14-31-17-20-7-10-22(34-3)15-23(20)24(31)32/h5-10,12-13,15,30H,2,4,11,14,16-17H2,1,3H3,(H,29,33)/t26-/m1/s1. The molecule has 2 aromatic rings. The molecule has 0 bridgehead atoms. The lowest BCUT2D eigenvalue weighted by Gasteiger charge is -2.29. The molecule has 2 N–H and O–H groups in total. The molecule has 4 rings (SSSR count). The van der Waals surface area contributed by atoms with Crippen molar-refractivity contribution in [3.63, 3.8) is 0 Å². The van der Waals surface area contributed by atoms with E-state index in [0.29, 0.717) is 43.2 Å². The van der Waals surface area contributed by atoms with Crippen molar-refractivity contribution >= 4 is 24.2 Å². The molecule has 0 saturated carbocycles. The summed E-state index contributed by atoms with van der Waals surface area (Å²) in [6, 6.07) is 13.3. The van der Waals surface area contributed by atoms with Crippen molar-refractivity contribution in [2.75, 3.05) is 20.2 Å². The van der Waals surface area contributed by atoms with Crippen LogP contribution in [0.25, 0.3) is 0 Å². The van der Waals surface area contributed by atoms with Crippen LogP contribution >= 0.6 is 0 Å². The average molecular weight is 460 g/mol. The summed E-state index contributed by atoms with van der Waals surface area (Å²) in [6.45, 7) is 8.03. The number of nitrogens with one attached hydrogen (secondary N) is 2. The molecule has 176 valence electrons. The van der Waals surface area contributed by atoms with Gasteiger partial charge in [-0.15, -0.1) is 0 Å². The fourth-order valence-electron chi connectivity index (χ4n) is 4.32. The molecule has 0 spiro atoms. The van der Waals surface area contributed by atoms with Crippen LogP contribution in [0.3, 0.4) is 0 Å². The molecule has 2 amide bonds. The van der Waals surface area contributed by atoms with E-state index in [1.807, 2.05) is 43.3 Å². The summed E-state index contributed by atoms with van der Waals surface area (Å²) in [6.07, 6.45) is 3.78. The molecule has 34 heavy (non-hydrogen) atoms. The maximum Gasteiger partial charge on any atom is 0.255 e. The number of nitrogens with zero attached hydrogens (tertiary/aromatic N) is 3. The molecule has 8 heteroatoms. The highest BCUT2D eigenvalue weighted by Gasteiger charge is 2.46. The maximum absolute atomic E-state index is 13.1. The molecular weight excluding hydrogens is 430 g/mol. The van der Waals surface area contributed by atoms with Crippen molar-refractivity contribution in [2.45, 2.75) is 32.0 Å². The first-order valence-corrected chi connectivity index (χ1v) is 11.3. The van der Waals surface area contributed by atoms with Gasteiger partial charge in [0.15, 0.2) is 0 Å². The van der Waals surface area contributed by atoms with Crippen molar-refractivity contribution < 1.29 is 14.3 Å². The van der Waals surface area contributed by atoms with Crippen LogP contribution in [0.1, 0.15) is 40.4 Å². The molecule has 0 unspecified atom stereocenters. The van der Waals surface area contributed by atoms with Gasteiger partial charge in [0.2, 0.25) is 0 Å². The van der Waals surface area contributed by atoms with E-state index in [1.165, 1.54) is 0 Å². The van der Waals surface area contributed by atoms with Crippen LogP contribution in [0.4, 0.5) is 0 Å². The normalized spacial score (nSPS) is 19.7. The predicted molar refractivity (Wildman–Crippen MR) is 132 cm³/mol. The smallest absolute Gasteiger partial charge is 0.255 e. The number of rotatable bonds is 9. The van der Waals surface area contributed by atoms with Gasteiger partial charge < -0.3 is 20.3 Å². The molecule has 2 aliphatic heterocycles. The molecule has 0 radical (unpaired) electrons. The van der Waals surface area contributed by atoms with Gasteiger partial charge in [0.1, 0.15) is 11.3 Å². The Hall–Kier alpha value is -3.94. The highest BCUT2D eigenvalue weighted by atomic mass is 16.5. The van der Waals surface area contributed by atoms with Crippen LogP contribution in [0.15, 0.2) is 64.8 Å². The number of amides is 2.